The van der Waals surface area contributed by atoms with Crippen LogP contribution in [0.2, 0.25) is 0 Å². The zero-order chi connectivity index (χ0) is 17.9. The van der Waals surface area contributed by atoms with Crippen LogP contribution in [0.4, 0.5) is 18.9 Å². The number of amides is 1. The lowest BCUT2D eigenvalue weighted by Crippen LogP contribution is -2.44. The van der Waals surface area contributed by atoms with Crippen molar-refractivity contribution in [3.8, 4) is 5.82 Å². The number of halogens is 3. The Morgan fingerprint density at radius 2 is 2.16 bits per heavy atom. The normalized spacial score (nSPS) is 18.9. The maximum Gasteiger partial charge on any atom is 0.401 e. The number of piperidine rings is 1. The van der Waals surface area contributed by atoms with Crippen LogP contribution in [-0.2, 0) is 4.79 Å². The number of nitrogens with zero attached hydrogens (tertiary/aromatic N) is 4. The molecule has 1 amide bonds. The molecule has 1 aliphatic heterocycles. The van der Waals surface area contributed by atoms with Crippen LogP contribution in [-0.4, -0.2) is 51.4 Å². The van der Waals surface area contributed by atoms with Gasteiger partial charge in [0.2, 0.25) is 5.91 Å². The third-order valence-corrected chi connectivity index (χ3v) is 4.05. The molecule has 134 valence electrons. The molecule has 0 saturated carbocycles. The average Bonchev–Trinajstić information content (AvgIpc) is 3.08. The molecule has 1 unspecified atom stereocenters. The molecular formula is C16H18F3N5O. The first-order valence-electron chi connectivity index (χ1n) is 7.97. The molecule has 2 aromatic heterocycles. The fraction of sp³-hybridized carbons (Fsp3) is 0.438. The van der Waals surface area contributed by atoms with E-state index < -0.39 is 18.6 Å². The summed E-state index contributed by atoms with van der Waals surface area (Å²) in [6.45, 7) is -0.528. The lowest BCUT2D eigenvalue weighted by atomic mass is 9.97. The molecule has 1 N–H and O–H groups in total. The molecule has 0 aliphatic carbocycles. The molecule has 9 heteroatoms. The predicted molar refractivity (Wildman–Crippen MR) is 85.2 cm³/mol. The number of nitrogens with one attached hydrogen (secondary N) is 1. The molecule has 25 heavy (non-hydrogen) atoms. The molecule has 0 bridgehead atoms. The number of alkyl halides is 3. The summed E-state index contributed by atoms with van der Waals surface area (Å²) >= 11 is 0. The van der Waals surface area contributed by atoms with Gasteiger partial charge in [-0.3, -0.25) is 9.69 Å². The van der Waals surface area contributed by atoms with Gasteiger partial charge in [-0.05, 0) is 37.6 Å². The van der Waals surface area contributed by atoms with Gasteiger partial charge in [0.25, 0.3) is 0 Å². The summed E-state index contributed by atoms with van der Waals surface area (Å²) in [5, 5.41) is 6.87. The standard InChI is InChI=1S/C16H18F3N5O/c17-16(18,19)11-23-8-2-4-12(10-23)15(25)22-13-5-1-6-20-14(13)24-9-3-7-21-24/h1,3,5-7,9,12H,2,4,8,10-11H2,(H,22,25). The van der Waals surface area contributed by atoms with Crippen molar-refractivity contribution in [2.75, 3.05) is 25.0 Å². The number of anilines is 1. The van der Waals surface area contributed by atoms with E-state index in [2.05, 4.69) is 15.4 Å². The Balaban J connectivity index is 1.69. The Kier molecular flexibility index (Phi) is 5.03. The largest absolute Gasteiger partial charge is 0.401 e. The molecule has 1 aliphatic rings. The SMILES string of the molecule is O=C(Nc1cccnc1-n1cccn1)C1CCCN(CC(F)(F)F)C1. The summed E-state index contributed by atoms with van der Waals surface area (Å²) in [5.41, 5.74) is 0.476. The highest BCUT2D eigenvalue weighted by molar-refractivity contribution is 5.94. The molecule has 1 atom stereocenters. The van der Waals surface area contributed by atoms with Crippen LogP contribution in [0.25, 0.3) is 5.82 Å². The van der Waals surface area contributed by atoms with Crippen LogP contribution in [0, 0.1) is 5.92 Å². The first kappa shape index (κ1) is 17.4. The van der Waals surface area contributed by atoms with E-state index in [4.69, 9.17) is 0 Å². The molecule has 2 aromatic rings. The number of carbonyl (C=O) groups excluding carboxylic acids is 1. The van der Waals surface area contributed by atoms with E-state index in [1.807, 2.05) is 0 Å². The maximum atomic E-state index is 12.6. The highest BCUT2D eigenvalue weighted by Gasteiger charge is 2.34. The average molecular weight is 353 g/mol. The van der Waals surface area contributed by atoms with Crippen molar-refractivity contribution in [1.29, 1.82) is 0 Å². The topological polar surface area (TPSA) is 63.1 Å². The first-order chi connectivity index (χ1) is 11.9. The van der Waals surface area contributed by atoms with Crippen molar-refractivity contribution >= 4 is 11.6 Å². The summed E-state index contributed by atoms with van der Waals surface area (Å²) in [6, 6.07) is 5.11. The highest BCUT2D eigenvalue weighted by atomic mass is 19.4. The third kappa shape index (κ3) is 4.56. The van der Waals surface area contributed by atoms with Crippen molar-refractivity contribution in [2.45, 2.75) is 19.0 Å². The van der Waals surface area contributed by atoms with Gasteiger partial charge >= 0.3 is 6.18 Å². The van der Waals surface area contributed by atoms with Gasteiger partial charge in [-0.1, -0.05) is 0 Å². The summed E-state index contributed by atoms with van der Waals surface area (Å²) in [4.78, 5) is 18.0. The highest BCUT2D eigenvalue weighted by Crippen LogP contribution is 2.24. The molecule has 1 fully saturated rings. The minimum Gasteiger partial charge on any atom is -0.323 e. The number of likely N-dealkylation sites (tertiary alicyclic amines) is 1. The van der Waals surface area contributed by atoms with E-state index in [9.17, 15) is 18.0 Å². The Labute approximate surface area is 142 Å². The lowest BCUT2D eigenvalue weighted by Gasteiger charge is -2.32. The smallest absolute Gasteiger partial charge is 0.323 e. The number of hydrogen-bond donors (Lipinski definition) is 1. The van der Waals surface area contributed by atoms with E-state index in [1.54, 1.807) is 36.8 Å². The summed E-state index contributed by atoms with van der Waals surface area (Å²) < 4.78 is 39.2. The van der Waals surface area contributed by atoms with Gasteiger partial charge in [0.15, 0.2) is 5.82 Å². The third-order valence-electron chi connectivity index (χ3n) is 4.05. The first-order valence-corrected chi connectivity index (χ1v) is 7.97. The van der Waals surface area contributed by atoms with Crippen LogP contribution in [0.15, 0.2) is 36.8 Å². The monoisotopic (exact) mass is 353 g/mol. The van der Waals surface area contributed by atoms with Gasteiger partial charge in [0, 0.05) is 25.1 Å². The summed E-state index contributed by atoms with van der Waals surface area (Å²) in [5.74, 6) is -0.320. The quantitative estimate of drug-likeness (QED) is 0.917. The van der Waals surface area contributed by atoms with E-state index in [0.717, 1.165) is 0 Å². The zero-order valence-electron chi connectivity index (χ0n) is 13.4. The lowest BCUT2D eigenvalue weighted by molar-refractivity contribution is -0.151. The fourth-order valence-corrected chi connectivity index (χ4v) is 2.97. The summed E-state index contributed by atoms with van der Waals surface area (Å²) in [7, 11) is 0. The van der Waals surface area contributed by atoms with Crippen molar-refractivity contribution in [3.63, 3.8) is 0 Å². The minimum absolute atomic E-state index is 0.0999. The number of hydrogen-bond acceptors (Lipinski definition) is 4. The van der Waals surface area contributed by atoms with Gasteiger partial charge in [0.1, 0.15) is 0 Å². The second-order valence-electron chi connectivity index (χ2n) is 6.00. The van der Waals surface area contributed by atoms with E-state index in [1.165, 1.54) is 9.58 Å². The molecule has 6 nitrogen and oxygen atoms in total. The van der Waals surface area contributed by atoms with E-state index >= 15 is 0 Å². The van der Waals surface area contributed by atoms with Crippen molar-refractivity contribution in [3.05, 3.63) is 36.8 Å². The minimum atomic E-state index is -4.25. The molecule has 0 radical (unpaired) electrons. The maximum absolute atomic E-state index is 12.6. The van der Waals surface area contributed by atoms with Gasteiger partial charge in [0.05, 0.1) is 18.2 Å². The molecule has 0 aromatic carbocycles. The van der Waals surface area contributed by atoms with E-state index in [-0.39, 0.29) is 12.5 Å². The van der Waals surface area contributed by atoms with Crippen LogP contribution in [0.5, 0.6) is 0 Å². The number of pyridine rings is 1. The van der Waals surface area contributed by atoms with Crippen LogP contribution >= 0.6 is 0 Å². The fourth-order valence-electron chi connectivity index (χ4n) is 2.97. The van der Waals surface area contributed by atoms with Crippen molar-refractivity contribution in [2.24, 2.45) is 5.92 Å². The predicted octanol–water partition coefficient (Wildman–Crippen LogP) is 2.48. The molecule has 3 rings (SSSR count). The van der Waals surface area contributed by atoms with Gasteiger partial charge in [-0.15, -0.1) is 0 Å². The molecular weight excluding hydrogens is 335 g/mol. The van der Waals surface area contributed by atoms with Crippen molar-refractivity contribution < 1.29 is 18.0 Å². The Bertz CT molecular complexity index is 717. The van der Waals surface area contributed by atoms with Crippen molar-refractivity contribution in [1.82, 2.24) is 19.7 Å². The number of rotatable bonds is 4. The Morgan fingerprint density at radius 3 is 2.88 bits per heavy atom. The summed E-state index contributed by atoms with van der Waals surface area (Å²) in [6.07, 6.45) is 1.75. The van der Waals surface area contributed by atoms with Gasteiger partial charge in [-0.2, -0.15) is 18.3 Å². The number of carbonyl (C=O) groups is 1. The second-order valence-corrected chi connectivity index (χ2v) is 6.00. The molecule has 3 heterocycles. The molecule has 1 saturated heterocycles. The van der Waals surface area contributed by atoms with Gasteiger partial charge in [-0.25, -0.2) is 9.67 Å². The zero-order valence-corrected chi connectivity index (χ0v) is 13.4. The van der Waals surface area contributed by atoms with Crippen LogP contribution in [0.1, 0.15) is 12.8 Å². The Hall–Kier alpha value is -2.42. The van der Waals surface area contributed by atoms with Gasteiger partial charge < -0.3 is 5.32 Å². The molecule has 0 spiro atoms. The van der Waals surface area contributed by atoms with Crippen LogP contribution < -0.4 is 5.32 Å². The van der Waals surface area contributed by atoms with Crippen LogP contribution in [0.3, 0.4) is 0 Å². The van der Waals surface area contributed by atoms with E-state index in [0.29, 0.717) is 30.9 Å². The Morgan fingerprint density at radius 1 is 1.32 bits per heavy atom. The number of aromatic nitrogens is 3. The second kappa shape index (κ2) is 7.22.